The Morgan fingerprint density at radius 1 is 1.22 bits per heavy atom. The zero-order chi connectivity index (χ0) is 16.2. The van der Waals surface area contributed by atoms with Crippen LogP contribution in [0.2, 0.25) is 5.02 Å². The first kappa shape index (κ1) is 15.3. The summed E-state index contributed by atoms with van der Waals surface area (Å²) >= 11 is 5.97. The van der Waals surface area contributed by atoms with Crippen molar-refractivity contribution < 1.29 is 4.79 Å². The van der Waals surface area contributed by atoms with E-state index in [-0.39, 0.29) is 5.91 Å². The topological polar surface area (TPSA) is 46.9 Å². The maximum Gasteiger partial charge on any atom is 0.258 e. The molecule has 0 spiro atoms. The number of rotatable bonds is 4. The fraction of sp³-hybridized carbons (Fsp3) is 0.111. The smallest absolute Gasteiger partial charge is 0.258 e. The van der Waals surface area contributed by atoms with Gasteiger partial charge in [0, 0.05) is 16.9 Å². The fourth-order valence-corrected chi connectivity index (χ4v) is 2.43. The number of nitrogens with zero attached hydrogens (tertiary/aromatic N) is 2. The molecule has 0 atom stereocenters. The van der Waals surface area contributed by atoms with Gasteiger partial charge in [0.05, 0.1) is 18.3 Å². The van der Waals surface area contributed by atoms with Gasteiger partial charge in [0.1, 0.15) is 0 Å². The zero-order valence-corrected chi connectivity index (χ0v) is 13.4. The van der Waals surface area contributed by atoms with Crippen molar-refractivity contribution in [2.45, 2.75) is 13.5 Å². The first-order valence-corrected chi connectivity index (χ1v) is 7.63. The van der Waals surface area contributed by atoms with Crippen LogP contribution in [0, 0.1) is 6.92 Å². The number of anilines is 1. The SMILES string of the molecule is Cc1ccc(Cl)cc1NC(=O)c1cnn(Cc2ccccc2)c1. The quantitative estimate of drug-likeness (QED) is 0.783. The summed E-state index contributed by atoms with van der Waals surface area (Å²) in [7, 11) is 0. The van der Waals surface area contributed by atoms with Crippen molar-refractivity contribution in [2.24, 2.45) is 0 Å². The minimum Gasteiger partial charge on any atom is -0.322 e. The summed E-state index contributed by atoms with van der Waals surface area (Å²) in [6.07, 6.45) is 3.31. The van der Waals surface area contributed by atoms with Crippen LogP contribution >= 0.6 is 11.6 Å². The third-order valence-corrected chi connectivity index (χ3v) is 3.77. The van der Waals surface area contributed by atoms with Crippen molar-refractivity contribution in [2.75, 3.05) is 5.32 Å². The summed E-state index contributed by atoms with van der Waals surface area (Å²) in [6.45, 7) is 2.55. The standard InChI is InChI=1S/C18H16ClN3O/c1-13-7-8-16(19)9-17(13)21-18(23)15-10-20-22(12-15)11-14-5-3-2-4-6-14/h2-10,12H,11H2,1H3,(H,21,23). The van der Waals surface area contributed by atoms with E-state index in [1.54, 1.807) is 29.2 Å². The highest BCUT2D eigenvalue weighted by atomic mass is 35.5. The zero-order valence-electron chi connectivity index (χ0n) is 12.7. The molecule has 1 amide bonds. The molecule has 0 saturated heterocycles. The van der Waals surface area contributed by atoms with Crippen LogP contribution in [0.25, 0.3) is 0 Å². The van der Waals surface area contributed by atoms with Gasteiger partial charge in [-0.2, -0.15) is 5.10 Å². The molecule has 3 aromatic rings. The molecule has 0 fully saturated rings. The molecular weight excluding hydrogens is 310 g/mol. The summed E-state index contributed by atoms with van der Waals surface area (Å²) in [5.74, 6) is -0.199. The Morgan fingerprint density at radius 2 is 2.00 bits per heavy atom. The van der Waals surface area contributed by atoms with E-state index in [9.17, 15) is 4.79 Å². The summed E-state index contributed by atoms with van der Waals surface area (Å²) in [6, 6.07) is 15.4. The van der Waals surface area contributed by atoms with Crippen LogP contribution in [-0.4, -0.2) is 15.7 Å². The Morgan fingerprint density at radius 3 is 2.78 bits per heavy atom. The van der Waals surface area contributed by atoms with Gasteiger partial charge in [-0.05, 0) is 30.2 Å². The molecule has 0 saturated carbocycles. The van der Waals surface area contributed by atoms with E-state index in [2.05, 4.69) is 10.4 Å². The van der Waals surface area contributed by atoms with Gasteiger partial charge in [0.15, 0.2) is 0 Å². The number of aryl methyl sites for hydroxylation is 1. The lowest BCUT2D eigenvalue weighted by atomic mass is 10.2. The third kappa shape index (κ3) is 3.79. The highest BCUT2D eigenvalue weighted by molar-refractivity contribution is 6.31. The molecule has 23 heavy (non-hydrogen) atoms. The normalized spacial score (nSPS) is 10.5. The fourth-order valence-electron chi connectivity index (χ4n) is 2.26. The number of halogens is 1. The van der Waals surface area contributed by atoms with Gasteiger partial charge in [-0.25, -0.2) is 0 Å². The number of hydrogen-bond donors (Lipinski definition) is 1. The minimum absolute atomic E-state index is 0.199. The number of hydrogen-bond acceptors (Lipinski definition) is 2. The molecule has 0 aliphatic carbocycles. The predicted molar refractivity (Wildman–Crippen MR) is 91.9 cm³/mol. The lowest BCUT2D eigenvalue weighted by Crippen LogP contribution is -2.12. The molecule has 3 rings (SSSR count). The number of aromatic nitrogens is 2. The van der Waals surface area contributed by atoms with Gasteiger partial charge in [-0.1, -0.05) is 48.0 Å². The first-order valence-electron chi connectivity index (χ1n) is 7.26. The molecule has 0 bridgehead atoms. The molecule has 1 heterocycles. The largest absolute Gasteiger partial charge is 0.322 e. The van der Waals surface area contributed by atoms with E-state index in [0.29, 0.717) is 22.8 Å². The average molecular weight is 326 g/mol. The van der Waals surface area contributed by atoms with E-state index < -0.39 is 0 Å². The van der Waals surface area contributed by atoms with Gasteiger partial charge in [0.2, 0.25) is 0 Å². The van der Waals surface area contributed by atoms with Crippen LogP contribution in [0.1, 0.15) is 21.5 Å². The second kappa shape index (κ2) is 6.67. The van der Waals surface area contributed by atoms with Gasteiger partial charge < -0.3 is 5.32 Å². The number of benzene rings is 2. The summed E-state index contributed by atoms with van der Waals surface area (Å²) in [5, 5.41) is 7.70. The second-order valence-corrected chi connectivity index (χ2v) is 5.76. The van der Waals surface area contributed by atoms with Crippen molar-refractivity contribution in [3.8, 4) is 0 Å². The monoisotopic (exact) mass is 325 g/mol. The third-order valence-electron chi connectivity index (χ3n) is 3.53. The van der Waals surface area contributed by atoms with Crippen LogP contribution in [-0.2, 0) is 6.54 Å². The predicted octanol–water partition coefficient (Wildman–Crippen LogP) is 4.15. The number of carbonyl (C=O) groups excluding carboxylic acids is 1. The lowest BCUT2D eigenvalue weighted by molar-refractivity contribution is 0.102. The summed E-state index contributed by atoms with van der Waals surface area (Å²) in [4.78, 5) is 12.3. The van der Waals surface area contributed by atoms with Crippen molar-refractivity contribution in [3.05, 3.63) is 82.6 Å². The molecule has 0 radical (unpaired) electrons. The second-order valence-electron chi connectivity index (χ2n) is 5.33. The van der Waals surface area contributed by atoms with E-state index in [1.807, 2.05) is 43.3 Å². The molecule has 0 aliphatic heterocycles. The van der Waals surface area contributed by atoms with Crippen molar-refractivity contribution in [1.82, 2.24) is 9.78 Å². The van der Waals surface area contributed by atoms with Gasteiger partial charge in [-0.15, -0.1) is 0 Å². The Kier molecular flexibility index (Phi) is 4.44. The van der Waals surface area contributed by atoms with Crippen LogP contribution in [0.4, 0.5) is 5.69 Å². The molecular formula is C18H16ClN3O. The van der Waals surface area contributed by atoms with Gasteiger partial charge >= 0.3 is 0 Å². The Bertz CT molecular complexity index is 827. The number of nitrogens with one attached hydrogen (secondary N) is 1. The van der Waals surface area contributed by atoms with E-state index in [1.165, 1.54) is 0 Å². The maximum absolute atomic E-state index is 12.3. The van der Waals surface area contributed by atoms with E-state index in [0.717, 1.165) is 11.1 Å². The van der Waals surface area contributed by atoms with Gasteiger partial charge in [-0.3, -0.25) is 9.48 Å². The van der Waals surface area contributed by atoms with Crippen molar-refractivity contribution in [3.63, 3.8) is 0 Å². The molecule has 1 aromatic heterocycles. The Balaban J connectivity index is 1.72. The summed E-state index contributed by atoms with van der Waals surface area (Å²) in [5.41, 5.74) is 3.31. The van der Waals surface area contributed by atoms with Gasteiger partial charge in [0.25, 0.3) is 5.91 Å². The minimum atomic E-state index is -0.199. The van der Waals surface area contributed by atoms with Crippen LogP contribution in [0.15, 0.2) is 60.9 Å². The van der Waals surface area contributed by atoms with Crippen LogP contribution in [0.5, 0.6) is 0 Å². The highest BCUT2D eigenvalue weighted by Crippen LogP contribution is 2.20. The molecule has 0 unspecified atom stereocenters. The lowest BCUT2D eigenvalue weighted by Gasteiger charge is -2.07. The van der Waals surface area contributed by atoms with E-state index in [4.69, 9.17) is 11.6 Å². The Hall–Kier alpha value is -2.59. The molecule has 116 valence electrons. The molecule has 2 aromatic carbocycles. The van der Waals surface area contributed by atoms with Crippen molar-refractivity contribution >= 4 is 23.2 Å². The van der Waals surface area contributed by atoms with Crippen molar-refractivity contribution in [1.29, 1.82) is 0 Å². The Labute approximate surface area is 139 Å². The number of amides is 1. The first-order chi connectivity index (χ1) is 11.1. The number of carbonyl (C=O) groups is 1. The molecule has 1 N–H and O–H groups in total. The average Bonchev–Trinajstić information content (AvgIpc) is 3.00. The summed E-state index contributed by atoms with van der Waals surface area (Å²) < 4.78 is 1.75. The van der Waals surface area contributed by atoms with Crippen LogP contribution < -0.4 is 5.32 Å². The maximum atomic E-state index is 12.3. The molecule has 0 aliphatic rings. The molecule has 4 nitrogen and oxygen atoms in total. The molecule has 5 heteroatoms. The highest BCUT2D eigenvalue weighted by Gasteiger charge is 2.11. The van der Waals surface area contributed by atoms with Crippen LogP contribution in [0.3, 0.4) is 0 Å². The van der Waals surface area contributed by atoms with E-state index >= 15 is 0 Å².